The summed E-state index contributed by atoms with van der Waals surface area (Å²) in [6.07, 6.45) is 2.77. The molecule has 2 amide bonds. The molecule has 0 spiro atoms. The van der Waals surface area contributed by atoms with E-state index in [9.17, 15) is 9.59 Å². The topological polar surface area (TPSA) is 49.4 Å². The predicted octanol–water partition coefficient (Wildman–Crippen LogP) is 4.36. The quantitative estimate of drug-likeness (QED) is 0.794. The van der Waals surface area contributed by atoms with E-state index in [1.54, 1.807) is 0 Å². The van der Waals surface area contributed by atoms with Gasteiger partial charge >= 0.3 is 0 Å². The van der Waals surface area contributed by atoms with Crippen molar-refractivity contribution in [3.8, 4) is 11.1 Å². The van der Waals surface area contributed by atoms with Crippen LogP contribution in [0.4, 0.5) is 0 Å². The zero-order valence-electron chi connectivity index (χ0n) is 17.8. The Kier molecular flexibility index (Phi) is 6.73. The van der Waals surface area contributed by atoms with Gasteiger partial charge in [0.15, 0.2) is 0 Å². The van der Waals surface area contributed by atoms with E-state index in [1.807, 2.05) is 30.9 Å². The average molecular weight is 393 g/mol. The minimum absolute atomic E-state index is 0.0623. The second-order valence-corrected chi connectivity index (χ2v) is 8.11. The molecular formula is C25H32N2O2. The van der Waals surface area contributed by atoms with Crippen LogP contribution in [0.5, 0.6) is 0 Å². The molecule has 0 bridgehead atoms. The molecule has 154 valence electrons. The molecule has 1 aliphatic heterocycles. The fourth-order valence-electron chi connectivity index (χ4n) is 4.38. The fraction of sp³-hybridized carbons (Fsp3) is 0.440. The van der Waals surface area contributed by atoms with Gasteiger partial charge in [-0.2, -0.15) is 0 Å². The molecule has 0 unspecified atom stereocenters. The van der Waals surface area contributed by atoms with Crippen molar-refractivity contribution in [2.24, 2.45) is 5.41 Å². The van der Waals surface area contributed by atoms with E-state index >= 15 is 0 Å². The maximum Gasteiger partial charge on any atom is 0.228 e. The van der Waals surface area contributed by atoms with Crippen LogP contribution >= 0.6 is 0 Å². The van der Waals surface area contributed by atoms with Crippen LogP contribution in [0, 0.1) is 12.3 Å². The molecule has 3 rings (SSSR count). The third-order valence-electron chi connectivity index (χ3n) is 5.96. The Morgan fingerprint density at radius 1 is 1.07 bits per heavy atom. The molecule has 1 saturated heterocycles. The van der Waals surface area contributed by atoms with Gasteiger partial charge in [-0.15, -0.1) is 0 Å². The Balaban J connectivity index is 1.98. The van der Waals surface area contributed by atoms with Crippen molar-refractivity contribution in [1.82, 2.24) is 10.2 Å². The summed E-state index contributed by atoms with van der Waals surface area (Å²) in [7, 11) is 0. The van der Waals surface area contributed by atoms with Crippen LogP contribution in [0.1, 0.15) is 44.2 Å². The number of amides is 2. The lowest BCUT2D eigenvalue weighted by Crippen LogP contribution is -2.54. The summed E-state index contributed by atoms with van der Waals surface area (Å²) >= 11 is 0. The number of piperidine rings is 1. The van der Waals surface area contributed by atoms with Crippen molar-refractivity contribution in [2.45, 2.75) is 46.5 Å². The molecule has 1 heterocycles. The highest BCUT2D eigenvalue weighted by Crippen LogP contribution is 2.37. The molecule has 4 heteroatoms. The summed E-state index contributed by atoms with van der Waals surface area (Å²) < 4.78 is 0. The smallest absolute Gasteiger partial charge is 0.228 e. The number of nitrogens with zero attached hydrogens (tertiary/aromatic N) is 1. The van der Waals surface area contributed by atoms with Gasteiger partial charge in [0.05, 0.1) is 5.41 Å². The van der Waals surface area contributed by atoms with Crippen LogP contribution in [0.3, 0.4) is 0 Å². The van der Waals surface area contributed by atoms with Gasteiger partial charge < -0.3 is 10.2 Å². The highest BCUT2D eigenvalue weighted by atomic mass is 16.2. The summed E-state index contributed by atoms with van der Waals surface area (Å²) in [5.74, 6) is 0.192. The molecule has 0 aliphatic carbocycles. The van der Waals surface area contributed by atoms with E-state index in [-0.39, 0.29) is 11.8 Å². The SMILES string of the molecule is CCNC(=O)[C@]1(Cc2ccccc2-c2ccc(C)cc2)CCCN(C(=O)CC)C1. The summed E-state index contributed by atoms with van der Waals surface area (Å²) in [6, 6.07) is 16.9. The van der Waals surface area contributed by atoms with Crippen molar-refractivity contribution in [1.29, 1.82) is 0 Å². The Morgan fingerprint density at radius 2 is 1.79 bits per heavy atom. The van der Waals surface area contributed by atoms with Gasteiger partial charge in [-0.25, -0.2) is 0 Å². The summed E-state index contributed by atoms with van der Waals surface area (Å²) in [6.45, 7) is 7.76. The number of likely N-dealkylation sites (tertiary alicyclic amines) is 1. The van der Waals surface area contributed by atoms with Crippen LogP contribution in [-0.2, 0) is 16.0 Å². The maximum absolute atomic E-state index is 13.2. The van der Waals surface area contributed by atoms with Crippen molar-refractivity contribution in [3.63, 3.8) is 0 Å². The lowest BCUT2D eigenvalue weighted by atomic mass is 9.73. The number of carbonyl (C=O) groups excluding carboxylic acids is 2. The predicted molar refractivity (Wildman–Crippen MR) is 118 cm³/mol. The number of nitrogens with one attached hydrogen (secondary N) is 1. The van der Waals surface area contributed by atoms with Gasteiger partial charge in [-0.3, -0.25) is 9.59 Å². The molecule has 0 radical (unpaired) electrons. The molecule has 1 aliphatic rings. The third kappa shape index (κ3) is 4.69. The second kappa shape index (κ2) is 9.25. The number of carbonyl (C=O) groups is 2. The number of benzene rings is 2. The number of hydrogen-bond acceptors (Lipinski definition) is 2. The monoisotopic (exact) mass is 392 g/mol. The zero-order chi connectivity index (χ0) is 20.9. The minimum Gasteiger partial charge on any atom is -0.356 e. The van der Waals surface area contributed by atoms with E-state index in [0.29, 0.717) is 25.9 Å². The first-order valence-electron chi connectivity index (χ1n) is 10.7. The highest BCUT2D eigenvalue weighted by Gasteiger charge is 2.43. The second-order valence-electron chi connectivity index (χ2n) is 8.11. The molecule has 1 atom stereocenters. The van der Waals surface area contributed by atoms with Gasteiger partial charge in [0.25, 0.3) is 0 Å². The fourth-order valence-corrected chi connectivity index (χ4v) is 4.38. The van der Waals surface area contributed by atoms with Gasteiger partial charge in [-0.1, -0.05) is 61.0 Å². The summed E-state index contributed by atoms with van der Waals surface area (Å²) in [4.78, 5) is 27.5. The van der Waals surface area contributed by atoms with Gasteiger partial charge in [0, 0.05) is 26.1 Å². The summed E-state index contributed by atoms with van der Waals surface area (Å²) in [5, 5.41) is 3.04. The Morgan fingerprint density at radius 3 is 2.48 bits per heavy atom. The van der Waals surface area contributed by atoms with E-state index in [2.05, 4.69) is 48.6 Å². The van der Waals surface area contributed by atoms with Crippen molar-refractivity contribution in [3.05, 3.63) is 59.7 Å². The van der Waals surface area contributed by atoms with Crippen molar-refractivity contribution >= 4 is 11.8 Å². The van der Waals surface area contributed by atoms with E-state index in [1.165, 1.54) is 5.56 Å². The molecule has 2 aromatic rings. The maximum atomic E-state index is 13.2. The van der Waals surface area contributed by atoms with E-state index in [4.69, 9.17) is 0 Å². The first kappa shape index (κ1) is 21.1. The van der Waals surface area contributed by atoms with Crippen LogP contribution in [0.2, 0.25) is 0 Å². The largest absolute Gasteiger partial charge is 0.356 e. The van der Waals surface area contributed by atoms with E-state index in [0.717, 1.165) is 36.1 Å². The number of aryl methyl sites for hydroxylation is 1. The van der Waals surface area contributed by atoms with Gasteiger partial charge in [0.1, 0.15) is 0 Å². The number of rotatable bonds is 6. The normalized spacial score (nSPS) is 19.1. The lowest BCUT2D eigenvalue weighted by molar-refractivity contribution is -0.141. The molecule has 2 aromatic carbocycles. The minimum atomic E-state index is -0.583. The average Bonchev–Trinajstić information content (AvgIpc) is 2.74. The Bertz CT molecular complexity index is 859. The molecule has 1 fully saturated rings. The zero-order valence-corrected chi connectivity index (χ0v) is 17.8. The van der Waals surface area contributed by atoms with Gasteiger partial charge in [0.2, 0.25) is 11.8 Å². The number of hydrogen-bond donors (Lipinski definition) is 1. The molecule has 1 N–H and O–H groups in total. The highest BCUT2D eigenvalue weighted by molar-refractivity contribution is 5.85. The standard InChI is InChI=1S/C25H32N2O2/c1-4-23(28)27-16-8-15-25(18-27,24(29)26-5-2)17-21-9-6-7-10-22(21)20-13-11-19(3)12-14-20/h6-7,9-14H,4-5,8,15-18H2,1-3H3,(H,26,29)/t25-/m0/s1. The van der Waals surface area contributed by atoms with Crippen LogP contribution in [-0.4, -0.2) is 36.3 Å². The molecule has 0 saturated carbocycles. The Labute approximate surface area is 174 Å². The van der Waals surface area contributed by atoms with E-state index < -0.39 is 5.41 Å². The van der Waals surface area contributed by atoms with Crippen LogP contribution in [0.25, 0.3) is 11.1 Å². The summed E-state index contributed by atoms with van der Waals surface area (Å²) in [5.41, 5.74) is 4.13. The van der Waals surface area contributed by atoms with Crippen LogP contribution in [0.15, 0.2) is 48.5 Å². The first-order chi connectivity index (χ1) is 14.0. The van der Waals surface area contributed by atoms with Crippen molar-refractivity contribution in [2.75, 3.05) is 19.6 Å². The van der Waals surface area contributed by atoms with Crippen molar-refractivity contribution < 1.29 is 9.59 Å². The molecule has 4 nitrogen and oxygen atoms in total. The van der Waals surface area contributed by atoms with Gasteiger partial charge in [-0.05, 0) is 49.8 Å². The molecule has 29 heavy (non-hydrogen) atoms. The van der Waals surface area contributed by atoms with Crippen LogP contribution < -0.4 is 5.32 Å². The lowest BCUT2D eigenvalue weighted by Gasteiger charge is -2.42. The first-order valence-corrected chi connectivity index (χ1v) is 10.7. The Hall–Kier alpha value is -2.62. The molecule has 0 aromatic heterocycles. The molecular weight excluding hydrogens is 360 g/mol. The third-order valence-corrected chi connectivity index (χ3v) is 5.96.